The molecule has 1 aromatic heterocycles. The Hall–Kier alpha value is -2.19. The summed E-state index contributed by atoms with van der Waals surface area (Å²) in [6.45, 7) is 1.49. The molecule has 22 heavy (non-hydrogen) atoms. The van der Waals surface area contributed by atoms with E-state index < -0.39 is 26.2 Å². The van der Waals surface area contributed by atoms with E-state index in [0.29, 0.717) is 0 Å². The molecule has 0 fully saturated rings. The molecule has 0 radical (unpaired) electrons. The number of sulfonamides is 1. The fourth-order valence-electron chi connectivity index (χ4n) is 2.07. The van der Waals surface area contributed by atoms with Crippen LogP contribution in [-0.4, -0.2) is 17.6 Å². The molecule has 0 saturated heterocycles. The molecule has 0 saturated carbocycles. The van der Waals surface area contributed by atoms with E-state index in [2.05, 4.69) is 4.72 Å². The molecule has 0 aliphatic rings. The van der Waals surface area contributed by atoms with Crippen LogP contribution in [0.5, 0.6) is 0 Å². The summed E-state index contributed by atoms with van der Waals surface area (Å²) in [6.07, 6.45) is 0. The molecule has 0 unspecified atom stereocenters. The largest absolute Gasteiger partial charge is 0.330 e. The second-order valence-corrected chi connectivity index (χ2v) is 6.63. The molecular weight excluding hydrogens is 306 g/mol. The standard InChI is InChI=1S/C14H17N3O4S/c1-10-12(13(18)17(3)14(19)16(10)2)22(20,21)15-9-11-7-5-4-6-8-11/h4-8,15H,9H2,1-3H3. The summed E-state index contributed by atoms with van der Waals surface area (Å²) in [4.78, 5) is 23.5. The summed E-state index contributed by atoms with van der Waals surface area (Å²) < 4.78 is 29.2. The van der Waals surface area contributed by atoms with Crippen molar-refractivity contribution in [3.63, 3.8) is 0 Å². The maximum absolute atomic E-state index is 12.4. The number of hydrogen-bond acceptors (Lipinski definition) is 4. The molecule has 2 rings (SSSR count). The zero-order valence-electron chi connectivity index (χ0n) is 12.5. The number of aromatic nitrogens is 2. The van der Waals surface area contributed by atoms with Crippen LogP contribution in [0, 0.1) is 6.92 Å². The Kier molecular flexibility index (Phi) is 4.34. The number of benzene rings is 1. The van der Waals surface area contributed by atoms with Gasteiger partial charge in [0.05, 0.1) is 0 Å². The molecule has 1 aromatic carbocycles. The van der Waals surface area contributed by atoms with Gasteiger partial charge >= 0.3 is 5.69 Å². The van der Waals surface area contributed by atoms with Crippen LogP contribution in [0.3, 0.4) is 0 Å². The minimum absolute atomic E-state index is 0.0641. The summed E-state index contributed by atoms with van der Waals surface area (Å²) in [5, 5.41) is 0. The highest BCUT2D eigenvalue weighted by Crippen LogP contribution is 2.08. The van der Waals surface area contributed by atoms with E-state index >= 15 is 0 Å². The van der Waals surface area contributed by atoms with Crippen molar-refractivity contribution in [2.45, 2.75) is 18.4 Å². The molecule has 1 heterocycles. The molecule has 118 valence electrons. The first-order valence-corrected chi connectivity index (χ1v) is 8.04. The monoisotopic (exact) mass is 323 g/mol. The Morgan fingerprint density at radius 3 is 2.23 bits per heavy atom. The van der Waals surface area contributed by atoms with Gasteiger partial charge in [0, 0.05) is 26.3 Å². The predicted molar refractivity (Wildman–Crippen MR) is 82.1 cm³/mol. The average Bonchev–Trinajstić information content (AvgIpc) is 2.50. The fraction of sp³-hybridized carbons (Fsp3) is 0.286. The smallest absolute Gasteiger partial charge is 0.300 e. The van der Waals surface area contributed by atoms with E-state index in [0.717, 1.165) is 14.7 Å². The van der Waals surface area contributed by atoms with Crippen molar-refractivity contribution in [1.82, 2.24) is 13.9 Å². The van der Waals surface area contributed by atoms with Crippen LogP contribution in [0.2, 0.25) is 0 Å². The first-order valence-electron chi connectivity index (χ1n) is 6.56. The predicted octanol–water partition coefficient (Wildman–Crippen LogP) is -0.129. The highest BCUT2D eigenvalue weighted by atomic mass is 32.2. The Morgan fingerprint density at radius 1 is 1.05 bits per heavy atom. The van der Waals surface area contributed by atoms with Crippen LogP contribution in [-0.2, 0) is 30.7 Å². The van der Waals surface area contributed by atoms with Crippen molar-refractivity contribution >= 4 is 10.0 Å². The third kappa shape index (κ3) is 2.88. The van der Waals surface area contributed by atoms with Crippen molar-refractivity contribution in [2.24, 2.45) is 14.1 Å². The van der Waals surface area contributed by atoms with Gasteiger partial charge < -0.3 is 0 Å². The third-order valence-electron chi connectivity index (χ3n) is 3.48. The van der Waals surface area contributed by atoms with Crippen LogP contribution >= 0.6 is 0 Å². The van der Waals surface area contributed by atoms with Crippen molar-refractivity contribution in [1.29, 1.82) is 0 Å². The van der Waals surface area contributed by atoms with E-state index in [1.807, 2.05) is 6.07 Å². The fourth-order valence-corrected chi connectivity index (χ4v) is 3.46. The van der Waals surface area contributed by atoms with Gasteiger partial charge in [0.15, 0.2) is 4.90 Å². The molecule has 0 amide bonds. The van der Waals surface area contributed by atoms with E-state index in [9.17, 15) is 18.0 Å². The van der Waals surface area contributed by atoms with Crippen LogP contribution in [0.1, 0.15) is 11.3 Å². The summed E-state index contributed by atoms with van der Waals surface area (Å²) in [7, 11) is -1.35. The molecule has 1 N–H and O–H groups in total. The van der Waals surface area contributed by atoms with Crippen LogP contribution in [0.4, 0.5) is 0 Å². The molecule has 0 bridgehead atoms. The van der Waals surface area contributed by atoms with Crippen molar-refractivity contribution in [3.05, 3.63) is 62.4 Å². The maximum Gasteiger partial charge on any atom is 0.330 e. The Bertz CT molecular complexity index is 912. The Balaban J connectivity index is 2.47. The number of nitrogens with zero attached hydrogens (tertiary/aromatic N) is 2. The summed E-state index contributed by atoms with van der Waals surface area (Å²) >= 11 is 0. The lowest BCUT2D eigenvalue weighted by molar-refractivity contribution is 0.566. The lowest BCUT2D eigenvalue weighted by Gasteiger charge is -2.13. The lowest BCUT2D eigenvalue weighted by Crippen LogP contribution is -2.43. The topological polar surface area (TPSA) is 90.2 Å². The number of nitrogens with one attached hydrogen (secondary N) is 1. The van der Waals surface area contributed by atoms with Gasteiger partial charge in [-0.25, -0.2) is 17.9 Å². The molecule has 8 heteroatoms. The molecule has 0 aliphatic heterocycles. The highest BCUT2D eigenvalue weighted by molar-refractivity contribution is 7.89. The molecule has 0 aliphatic carbocycles. The van der Waals surface area contributed by atoms with Crippen molar-refractivity contribution in [3.8, 4) is 0 Å². The second-order valence-electron chi connectivity index (χ2n) is 4.93. The molecule has 2 aromatic rings. The summed E-state index contributed by atoms with van der Waals surface area (Å²) in [5.41, 5.74) is -0.523. The Morgan fingerprint density at radius 2 is 1.64 bits per heavy atom. The van der Waals surface area contributed by atoms with Crippen molar-refractivity contribution < 1.29 is 8.42 Å². The minimum Gasteiger partial charge on any atom is -0.300 e. The van der Waals surface area contributed by atoms with E-state index in [1.54, 1.807) is 24.3 Å². The van der Waals surface area contributed by atoms with Gasteiger partial charge in [-0.1, -0.05) is 30.3 Å². The van der Waals surface area contributed by atoms with Crippen LogP contribution in [0.25, 0.3) is 0 Å². The van der Waals surface area contributed by atoms with E-state index in [1.165, 1.54) is 21.0 Å². The average molecular weight is 323 g/mol. The SMILES string of the molecule is Cc1c(S(=O)(=O)NCc2ccccc2)c(=O)n(C)c(=O)n1C. The lowest BCUT2D eigenvalue weighted by atomic mass is 10.2. The highest BCUT2D eigenvalue weighted by Gasteiger charge is 2.24. The van der Waals surface area contributed by atoms with E-state index in [-0.39, 0.29) is 12.2 Å². The minimum atomic E-state index is -4.02. The van der Waals surface area contributed by atoms with E-state index in [4.69, 9.17) is 0 Å². The summed E-state index contributed by atoms with van der Waals surface area (Å²) in [5.74, 6) is 0. The normalized spacial score (nSPS) is 11.6. The number of hydrogen-bond donors (Lipinski definition) is 1. The molecular formula is C14H17N3O4S. The first-order chi connectivity index (χ1) is 10.3. The Labute approximate surface area is 127 Å². The van der Waals surface area contributed by atoms with Crippen molar-refractivity contribution in [2.75, 3.05) is 0 Å². The second kappa shape index (κ2) is 5.90. The quantitative estimate of drug-likeness (QED) is 0.849. The van der Waals surface area contributed by atoms with Gasteiger partial charge in [-0.2, -0.15) is 0 Å². The van der Waals surface area contributed by atoms with Gasteiger partial charge in [-0.15, -0.1) is 0 Å². The zero-order chi connectivity index (χ0) is 16.5. The molecule has 0 atom stereocenters. The molecule has 0 spiro atoms. The van der Waals surface area contributed by atoms with Gasteiger partial charge in [-0.3, -0.25) is 13.9 Å². The maximum atomic E-state index is 12.4. The van der Waals surface area contributed by atoms with Gasteiger partial charge in [0.1, 0.15) is 0 Å². The third-order valence-corrected chi connectivity index (χ3v) is 5.01. The summed E-state index contributed by atoms with van der Waals surface area (Å²) in [6, 6.07) is 8.95. The van der Waals surface area contributed by atoms with Gasteiger partial charge in [0.2, 0.25) is 10.0 Å². The number of rotatable bonds is 4. The molecule has 7 nitrogen and oxygen atoms in total. The zero-order valence-corrected chi connectivity index (χ0v) is 13.3. The van der Waals surface area contributed by atoms with Gasteiger partial charge in [0.25, 0.3) is 5.56 Å². The van der Waals surface area contributed by atoms with Gasteiger partial charge in [-0.05, 0) is 12.5 Å². The van der Waals surface area contributed by atoms with Crippen LogP contribution < -0.4 is 16.0 Å². The first kappa shape index (κ1) is 16.2. The van der Waals surface area contributed by atoms with Crippen LogP contribution in [0.15, 0.2) is 44.8 Å².